The Hall–Kier alpha value is -4.12. The summed E-state index contributed by atoms with van der Waals surface area (Å²) in [6.45, 7) is 1.69. The molecule has 0 bridgehead atoms. The molecule has 0 saturated carbocycles. The van der Waals surface area contributed by atoms with E-state index in [1.807, 2.05) is 6.07 Å². The van der Waals surface area contributed by atoms with Crippen LogP contribution in [0.4, 0.5) is 17.5 Å². The third-order valence-corrected chi connectivity index (χ3v) is 4.26. The zero-order valence-corrected chi connectivity index (χ0v) is 16.1. The fourth-order valence-electron chi connectivity index (χ4n) is 2.69. The molecule has 6 N–H and O–H groups in total. The average molecular weight is 408 g/mol. The van der Waals surface area contributed by atoms with Crippen LogP contribution in [0.15, 0.2) is 47.5 Å². The summed E-state index contributed by atoms with van der Waals surface area (Å²) in [5.74, 6) is 5.42. The van der Waals surface area contributed by atoms with E-state index in [1.54, 1.807) is 43.6 Å². The summed E-state index contributed by atoms with van der Waals surface area (Å²) >= 11 is 0. The predicted molar refractivity (Wildman–Crippen MR) is 111 cm³/mol. The van der Waals surface area contributed by atoms with Crippen molar-refractivity contribution in [1.29, 1.82) is 0 Å². The molecule has 1 atom stereocenters. The van der Waals surface area contributed by atoms with Crippen LogP contribution < -0.4 is 27.5 Å². The zero-order chi connectivity index (χ0) is 21.7. The highest BCUT2D eigenvalue weighted by molar-refractivity contribution is 5.98. The van der Waals surface area contributed by atoms with Gasteiger partial charge in [-0.2, -0.15) is 4.98 Å². The Morgan fingerprint density at radius 3 is 2.70 bits per heavy atom. The molecule has 0 spiro atoms. The van der Waals surface area contributed by atoms with Crippen LogP contribution >= 0.6 is 0 Å². The smallest absolute Gasteiger partial charge is 0.267 e. The average Bonchev–Trinajstić information content (AvgIpc) is 2.73. The fourth-order valence-corrected chi connectivity index (χ4v) is 2.69. The number of benzene rings is 1. The third-order valence-electron chi connectivity index (χ3n) is 4.26. The summed E-state index contributed by atoms with van der Waals surface area (Å²) in [6, 6.07) is 8.29. The van der Waals surface area contributed by atoms with Crippen LogP contribution in [0.25, 0.3) is 11.4 Å². The minimum atomic E-state index is -0.954. The molecule has 0 radical (unpaired) electrons. The van der Waals surface area contributed by atoms with Crippen molar-refractivity contribution in [3.05, 3.63) is 58.6 Å². The minimum Gasteiger partial charge on any atom is -0.365 e. The van der Waals surface area contributed by atoms with Crippen molar-refractivity contribution in [2.75, 3.05) is 10.3 Å². The maximum Gasteiger partial charge on any atom is 0.267 e. The van der Waals surface area contributed by atoms with Gasteiger partial charge in [0.05, 0.1) is 6.04 Å². The van der Waals surface area contributed by atoms with E-state index in [2.05, 4.69) is 25.3 Å². The first-order valence-corrected chi connectivity index (χ1v) is 8.97. The van der Waals surface area contributed by atoms with E-state index in [0.29, 0.717) is 23.4 Å². The summed E-state index contributed by atoms with van der Waals surface area (Å²) in [5, 5.41) is 4.07. The second-order valence-corrected chi connectivity index (χ2v) is 6.41. The molecule has 0 saturated heterocycles. The molecule has 2 aromatic heterocycles. The van der Waals surface area contributed by atoms with E-state index >= 15 is 0 Å². The van der Waals surface area contributed by atoms with E-state index in [1.165, 1.54) is 0 Å². The monoisotopic (exact) mass is 408 g/mol. The largest absolute Gasteiger partial charge is 0.365 e. The number of nitrogens with two attached hydrogens (primary N) is 2. The van der Waals surface area contributed by atoms with Crippen LogP contribution in [0.2, 0.25) is 0 Å². The Bertz CT molecular complexity index is 1120. The lowest BCUT2D eigenvalue weighted by Gasteiger charge is -2.23. The molecule has 3 aromatic rings. The number of aldehydes is 1. The molecule has 11 nitrogen and oxygen atoms in total. The number of nitrogens with one attached hydrogen (secondary N) is 2. The van der Waals surface area contributed by atoms with Crippen molar-refractivity contribution in [2.24, 2.45) is 11.6 Å². The number of hydrazine groups is 1. The van der Waals surface area contributed by atoms with Gasteiger partial charge in [-0.1, -0.05) is 12.1 Å². The maximum atomic E-state index is 12.5. The first kappa shape index (κ1) is 20.6. The summed E-state index contributed by atoms with van der Waals surface area (Å²) in [5.41, 5.74) is 5.50. The first-order chi connectivity index (χ1) is 14.4. The minimum absolute atomic E-state index is 0.0237. The standard InChI is InChI=1S/C19H20N8O3/c1-11(6-9-28)27(21)19-25-17(14(15(20)29)18(30)26-19)24-13-5-2-4-12(10-13)16-22-7-3-8-23-16/h2-5,7-11H,6,21H2,1H3,(H2,20,29)(H2,24,25,26,30). The molecule has 3 rings (SSSR count). The van der Waals surface area contributed by atoms with Crippen LogP contribution in [0.5, 0.6) is 0 Å². The van der Waals surface area contributed by atoms with Gasteiger partial charge in [0, 0.05) is 30.1 Å². The van der Waals surface area contributed by atoms with E-state index in [4.69, 9.17) is 11.6 Å². The first-order valence-electron chi connectivity index (χ1n) is 8.97. The number of hydrogen-bond donors (Lipinski definition) is 4. The number of aromatic amines is 1. The highest BCUT2D eigenvalue weighted by atomic mass is 16.2. The van der Waals surface area contributed by atoms with Crippen LogP contribution in [-0.4, -0.2) is 38.2 Å². The molecule has 0 aliphatic rings. The number of primary amides is 1. The number of aromatic nitrogens is 4. The van der Waals surface area contributed by atoms with Crippen molar-refractivity contribution in [3.8, 4) is 11.4 Å². The molecule has 1 unspecified atom stereocenters. The lowest BCUT2D eigenvalue weighted by Crippen LogP contribution is -2.42. The third kappa shape index (κ3) is 4.47. The maximum absolute atomic E-state index is 12.5. The number of carbonyl (C=O) groups excluding carboxylic acids is 2. The fraction of sp³-hybridized carbons (Fsp3) is 0.158. The lowest BCUT2D eigenvalue weighted by atomic mass is 10.2. The van der Waals surface area contributed by atoms with Crippen LogP contribution in [0.1, 0.15) is 23.7 Å². The number of hydrogen-bond acceptors (Lipinski definition) is 9. The predicted octanol–water partition coefficient (Wildman–Crippen LogP) is 0.727. The van der Waals surface area contributed by atoms with Gasteiger partial charge in [0.25, 0.3) is 11.5 Å². The Kier molecular flexibility index (Phi) is 6.13. The Labute approximate surface area is 171 Å². The Balaban J connectivity index is 2.01. The van der Waals surface area contributed by atoms with Crippen LogP contribution in [0.3, 0.4) is 0 Å². The SMILES string of the molecule is CC(CC=O)N(N)c1nc(Nc2cccc(-c3ncccn3)c2)c(C(N)=O)c(=O)[nH]1. The summed E-state index contributed by atoms with van der Waals surface area (Å²) in [6.07, 6.45) is 4.07. The molecular formula is C19H20N8O3. The van der Waals surface area contributed by atoms with Gasteiger partial charge in [-0.25, -0.2) is 15.8 Å². The molecule has 0 aliphatic heterocycles. The van der Waals surface area contributed by atoms with Gasteiger partial charge in [-0.05, 0) is 25.1 Å². The van der Waals surface area contributed by atoms with Gasteiger partial charge < -0.3 is 15.8 Å². The molecule has 30 heavy (non-hydrogen) atoms. The number of rotatable bonds is 8. The summed E-state index contributed by atoms with van der Waals surface area (Å²) < 4.78 is 0. The van der Waals surface area contributed by atoms with E-state index < -0.39 is 17.5 Å². The van der Waals surface area contributed by atoms with Crippen molar-refractivity contribution in [1.82, 2.24) is 19.9 Å². The molecule has 0 aliphatic carbocycles. The molecule has 1 aromatic carbocycles. The summed E-state index contributed by atoms with van der Waals surface area (Å²) in [7, 11) is 0. The molecule has 0 fully saturated rings. The Morgan fingerprint density at radius 2 is 2.03 bits per heavy atom. The normalized spacial score (nSPS) is 11.5. The van der Waals surface area contributed by atoms with Gasteiger partial charge in [-0.15, -0.1) is 0 Å². The number of H-pyrrole nitrogens is 1. The highest BCUT2D eigenvalue weighted by Gasteiger charge is 2.21. The van der Waals surface area contributed by atoms with Crippen molar-refractivity contribution < 1.29 is 9.59 Å². The molecule has 1 amide bonds. The Morgan fingerprint density at radius 1 is 1.30 bits per heavy atom. The van der Waals surface area contributed by atoms with Gasteiger partial charge in [-0.3, -0.25) is 19.6 Å². The van der Waals surface area contributed by atoms with Crippen LogP contribution in [0, 0.1) is 0 Å². The lowest BCUT2D eigenvalue weighted by molar-refractivity contribution is -0.108. The molecular weight excluding hydrogens is 388 g/mol. The highest BCUT2D eigenvalue weighted by Crippen LogP contribution is 2.23. The second kappa shape index (κ2) is 8.92. The molecule has 2 heterocycles. The second-order valence-electron chi connectivity index (χ2n) is 6.41. The van der Waals surface area contributed by atoms with E-state index in [0.717, 1.165) is 5.01 Å². The molecule has 11 heteroatoms. The topological polar surface area (TPSA) is 173 Å². The number of carbonyl (C=O) groups is 2. The summed E-state index contributed by atoms with van der Waals surface area (Å²) in [4.78, 5) is 50.1. The van der Waals surface area contributed by atoms with Crippen molar-refractivity contribution in [2.45, 2.75) is 19.4 Å². The molecule has 154 valence electrons. The van der Waals surface area contributed by atoms with Crippen LogP contribution in [-0.2, 0) is 4.79 Å². The van der Waals surface area contributed by atoms with Gasteiger partial charge >= 0.3 is 0 Å². The number of anilines is 3. The van der Waals surface area contributed by atoms with Gasteiger partial charge in [0.15, 0.2) is 11.6 Å². The van der Waals surface area contributed by atoms with Gasteiger partial charge in [0.2, 0.25) is 5.95 Å². The van der Waals surface area contributed by atoms with E-state index in [9.17, 15) is 14.4 Å². The van der Waals surface area contributed by atoms with E-state index in [-0.39, 0.29) is 23.8 Å². The number of nitrogens with zero attached hydrogens (tertiary/aromatic N) is 4. The van der Waals surface area contributed by atoms with Gasteiger partial charge in [0.1, 0.15) is 11.8 Å². The zero-order valence-electron chi connectivity index (χ0n) is 16.1. The van der Waals surface area contributed by atoms with Crippen molar-refractivity contribution in [3.63, 3.8) is 0 Å². The number of amides is 1. The quantitative estimate of drug-likeness (QED) is 0.238. The van der Waals surface area contributed by atoms with Crippen molar-refractivity contribution >= 4 is 29.6 Å².